The van der Waals surface area contributed by atoms with Gasteiger partial charge in [0.1, 0.15) is 0 Å². The van der Waals surface area contributed by atoms with E-state index in [0.29, 0.717) is 17.6 Å². The molecule has 64 heavy (non-hydrogen) atoms. The van der Waals surface area contributed by atoms with Crippen molar-refractivity contribution in [3.05, 3.63) is 224 Å². The van der Waals surface area contributed by atoms with Crippen LogP contribution in [0.15, 0.2) is 224 Å². The lowest BCUT2D eigenvalue weighted by atomic mass is 9.96. The Kier molecular flexibility index (Phi) is 8.15. The molecule has 0 fully saturated rings. The molecule has 13 rings (SSSR count). The minimum absolute atomic E-state index is 0.554. The summed E-state index contributed by atoms with van der Waals surface area (Å²) in [7, 11) is 0. The Labute approximate surface area is 368 Å². The van der Waals surface area contributed by atoms with Crippen LogP contribution in [-0.2, 0) is 0 Å². The maximum absolute atomic E-state index is 5.45. The number of fused-ring (bicyclic) bond motifs is 9. The van der Waals surface area contributed by atoms with Gasteiger partial charge >= 0.3 is 0 Å². The highest BCUT2D eigenvalue weighted by Crippen LogP contribution is 2.39. The third kappa shape index (κ3) is 5.75. The molecular formula is C59H37N5. The Balaban J connectivity index is 1.04. The van der Waals surface area contributed by atoms with Gasteiger partial charge in [-0.15, -0.1) is 0 Å². The number of benzene rings is 10. The summed E-state index contributed by atoms with van der Waals surface area (Å²) in [4.78, 5) is 16.2. The smallest absolute Gasteiger partial charge is 0.238 e. The topological polar surface area (TPSA) is 48.5 Å². The fourth-order valence-electron chi connectivity index (χ4n) is 9.78. The first-order valence-electron chi connectivity index (χ1n) is 21.7. The van der Waals surface area contributed by atoms with Crippen LogP contribution in [0.1, 0.15) is 0 Å². The van der Waals surface area contributed by atoms with Crippen LogP contribution in [0.5, 0.6) is 0 Å². The quantitative estimate of drug-likeness (QED) is 0.157. The van der Waals surface area contributed by atoms with Crippen LogP contribution >= 0.6 is 0 Å². The maximum atomic E-state index is 5.45. The lowest BCUT2D eigenvalue weighted by Crippen LogP contribution is -2.08. The lowest BCUT2D eigenvalue weighted by Gasteiger charge is -2.15. The van der Waals surface area contributed by atoms with Gasteiger partial charge in [-0.2, -0.15) is 9.97 Å². The van der Waals surface area contributed by atoms with Gasteiger partial charge in [-0.1, -0.05) is 170 Å². The van der Waals surface area contributed by atoms with Crippen LogP contribution in [0.2, 0.25) is 0 Å². The van der Waals surface area contributed by atoms with E-state index in [2.05, 4.69) is 234 Å². The van der Waals surface area contributed by atoms with Crippen molar-refractivity contribution < 1.29 is 0 Å². The van der Waals surface area contributed by atoms with Gasteiger partial charge in [0.25, 0.3) is 0 Å². The first kappa shape index (κ1) is 36.0. The Hall–Kier alpha value is -8.67. The maximum Gasteiger partial charge on any atom is 0.238 e. The van der Waals surface area contributed by atoms with Crippen LogP contribution in [0.25, 0.3) is 122 Å². The molecule has 0 unspecified atom stereocenters. The summed E-state index contributed by atoms with van der Waals surface area (Å²) in [6.07, 6.45) is 0. The molecule has 3 aromatic heterocycles. The van der Waals surface area contributed by atoms with Gasteiger partial charge in [0, 0.05) is 32.7 Å². The SMILES string of the molecule is c1ccc(-c2ccc3c(c2)c2ccccc2n3-c2nc(-c3cccc(-c4ccc5c(ccc6ccccc65)c4)c3)nc(-c3ccccc3-n3c4ccccc4c4ccccc43)n2)cc1. The van der Waals surface area contributed by atoms with Crippen LogP contribution in [0.4, 0.5) is 0 Å². The van der Waals surface area contributed by atoms with E-state index in [4.69, 9.17) is 15.0 Å². The fourth-order valence-corrected chi connectivity index (χ4v) is 9.78. The van der Waals surface area contributed by atoms with Crippen molar-refractivity contribution in [2.24, 2.45) is 0 Å². The average molecular weight is 816 g/mol. The van der Waals surface area contributed by atoms with E-state index in [1.165, 1.54) is 37.9 Å². The Morgan fingerprint density at radius 1 is 0.266 bits per heavy atom. The summed E-state index contributed by atoms with van der Waals surface area (Å²) in [6, 6.07) is 79.9. The van der Waals surface area contributed by atoms with Crippen molar-refractivity contribution in [1.82, 2.24) is 24.1 Å². The highest BCUT2D eigenvalue weighted by molar-refractivity contribution is 6.12. The minimum atomic E-state index is 0.554. The van der Waals surface area contributed by atoms with Crippen molar-refractivity contribution in [1.29, 1.82) is 0 Å². The van der Waals surface area contributed by atoms with Gasteiger partial charge in [0.2, 0.25) is 5.95 Å². The first-order valence-corrected chi connectivity index (χ1v) is 21.7. The van der Waals surface area contributed by atoms with Crippen molar-refractivity contribution in [3.8, 4) is 56.7 Å². The van der Waals surface area contributed by atoms with Gasteiger partial charge in [-0.3, -0.25) is 4.57 Å². The van der Waals surface area contributed by atoms with Crippen LogP contribution in [-0.4, -0.2) is 24.1 Å². The molecular weight excluding hydrogens is 779 g/mol. The van der Waals surface area contributed by atoms with E-state index in [9.17, 15) is 0 Å². The van der Waals surface area contributed by atoms with Gasteiger partial charge in [-0.05, 0) is 98.4 Å². The highest BCUT2D eigenvalue weighted by Gasteiger charge is 2.22. The van der Waals surface area contributed by atoms with Gasteiger partial charge in [-0.25, -0.2) is 4.98 Å². The molecule has 0 saturated heterocycles. The minimum Gasteiger partial charge on any atom is -0.309 e. The largest absolute Gasteiger partial charge is 0.309 e. The van der Waals surface area contributed by atoms with Crippen molar-refractivity contribution in [2.75, 3.05) is 0 Å². The zero-order valence-electron chi connectivity index (χ0n) is 34.6. The standard InChI is InChI=1S/C59H37N5/c1-2-15-38(16-3-1)42-32-34-56-51(37-42)49-23-8-12-27-54(49)64(56)59-61-57(44-19-14-18-40(36-44)41-31-33-46-43(35-41)30-29-39-17-4-5-20-45(39)46)60-58(62-59)50-24-9-13-28-55(50)63-52-25-10-6-21-47(52)48-22-7-11-26-53(48)63/h1-37H. The van der Waals surface area contributed by atoms with Gasteiger partial charge in [0.05, 0.1) is 27.8 Å². The third-order valence-corrected chi connectivity index (χ3v) is 12.8. The molecule has 298 valence electrons. The molecule has 0 aliphatic carbocycles. The van der Waals surface area contributed by atoms with E-state index in [0.717, 1.165) is 66.3 Å². The Morgan fingerprint density at radius 3 is 1.59 bits per heavy atom. The second kappa shape index (κ2) is 14.5. The molecule has 0 N–H and O–H groups in total. The predicted octanol–water partition coefficient (Wildman–Crippen LogP) is 15.0. The fraction of sp³-hybridized carbons (Fsp3) is 0. The molecule has 10 aromatic carbocycles. The Bertz CT molecular complexity index is 3920. The van der Waals surface area contributed by atoms with Crippen LogP contribution < -0.4 is 0 Å². The van der Waals surface area contributed by atoms with E-state index < -0.39 is 0 Å². The highest BCUT2D eigenvalue weighted by atomic mass is 15.2. The number of para-hydroxylation sites is 4. The number of aromatic nitrogens is 5. The van der Waals surface area contributed by atoms with E-state index >= 15 is 0 Å². The molecule has 3 heterocycles. The normalized spacial score (nSPS) is 11.8. The van der Waals surface area contributed by atoms with E-state index in [-0.39, 0.29) is 0 Å². The average Bonchev–Trinajstić information content (AvgIpc) is 3.89. The molecule has 5 heteroatoms. The molecule has 0 radical (unpaired) electrons. The Morgan fingerprint density at radius 2 is 0.797 bits per heavy atom. The molecule has 5 nitrogen and oxygen atoms in total. The predicted molar refractivity (Wildman–Crippen MR) is 265 cm³/mol. The summed E-state index contributed by atoms with van der Waals surface area (Å²) in [5.41, 5.74) is 11.7. The molecule has 0 bridgehead atoms. The number of hydrogen-bond donors (Lipinski definition) is 0. The second-order valence-electron chi connectivity index (χ2n) is 16.4. The summed E-state index contributed by atoms with van der Waals surface area (Å²) < 4.78 is 4.55. The summed E-state index contributed by atoms with van der Waals surface area (Å²) in [6.45, 7) is 0. The molecule has 0 aliphatic rings. The molecule has 13 aromatic rings. The molecule has 0 spiro atoms. The summed E-state index contributed by atoms with van der Waals surface area (Å²) in [5.74, 6) is 1.74. The molecule has 0 aliphatic heterocycles. The zero-order valence-corrected chi connectivity index (χ0v) is 34.6. The van der Waals surface area contributed by atoms with Crippen molar-refractivity contribution >= 4 is 65.2 Å². The molecule has 0 atom stereocenters. The number of hydrogen-bond acceptors (Lipinski definition) is 3. The van der Waals surface area contributed by atoms with Gasteiger partial charge in [0.15, 0.2) is 11.6 Å². The summed E-state index contributed by atoms with van der Waals surface area (Å²) in [5, 5.41) is 9.61. The summed E-state index contributed by atoms with van der Waals surface area (Å²) >= 11 is 0. The second-order valence-corrected chi connectivity index (χ2v) is 16.4. The molecule has 0 saturated carbocycles. The zero-order chi connectivity index (χ0) is 42.1. The monoisotopic (exact) mass is 815 g/mol. The molecule has 0 amide bonds. The van der Waals surface area contributed by atoms with Crippen LogP contribution in [0.3, 0.4) is 0 Å². The third-order valence-electron chi connectivity index (χ3n) is 12.8. The lowest BCUT2D eigenvalue weighted by molar-refractivity contribution is 0.952. The van der Waals surface area contributed by atoms with Crippen LogP contribution in [0, 0.1) is 0 Å². The van der Waals surface area contributed by atoms with Crippen molar-refractivity contribution in [2.45, 2.75) is 0 Å². The number of rotatable bonds is 6. The first-order chi connectivity index (χ1) is 31.7. The van der Waals surface area contributed by atoms with Gasteiger partial charge < -0.3 is 4.57 Å². The van der Waals surface area contributed by atoms with E-state index in [1.54, 1.807) is 0 Å². The van der Waals surface area contributed by atoms with E-state index in [1.807, 2.05) is 0 Å². The number of nitrogens with zero attached hydrogens (tertiary/aromatic N) is 5. The van der Waals surface area contributed by atoms with Crippen molar-refractivity contribution in [3.63, 3.8) is 0 Å².